The third-order valence-corrected chi connectivity index (χ3v) is 2.97. The predicted octanol–water partition coefficient (Wildman–Crippen LogP) is 2.13. The van der Waals surface area contributed by atoms with Crippen LogP contribution in [0.2, 0.25) is 0 Å². The normalized spacial score (nSPS) is 13.1. The van der Waals surface area contributed by atoms with Crippen molar-refractivity contribution in [2.45, 2.75) is 33.0 Å². The van der Waals surface area contributed by atoms with Gasteiger partial charge in [-0.1, -0.05) is 18.2 Å². The Morgan fingerprint density at radius 1 is 1.35 bits per heavy atom. The Labute approximate surface area is 102 Å². The Morgan fingerprint density at radius 3 is 2.82 bits per heavy atom. The van der Waals surface area contributed by atoms with Gasteiger partial charge < -0.3 is 15.0 Å². The molecule has 3 heteroatoms. The van der Waals surface area contributed by atoms with E-state index < -0.39 is 0 Å². The number of nitrogens with one attached hydrogen (secondary N) is 1. The van der Waals surface area contributed by atoms with Crippen LogP contribution in [0.5, 0.6) is 0 Å². The molecule has 92 valence electrons. The van der Waals surface area contributed by atoms with Gasteiger partial charge in [0, 0.05) is 36.7 Å². The Bertz CT molecular complexity index is 488. The molecule has 2 N–H and O–H groups in total. The van der Waals surface area contributed by atoms with Gasteiger partial charge in [0.05, 0.1) is 6.10 Å². The number of hydrogen-bond acceptors (Lipinski definition) is 2. The molecule has 2 rings (SSSR count). The number of fused-ring (bicyclic) bond motifs is 1. The van der Waals surface area contributed by atoms with E-state index in [1.807, 2.05) is 0 Å². The molecule has 0 aliphatic rings. The lowest BCUT2D eigenvalue weighted by atomic mass is 10.2. The summed E-state index contributed by atoms with van der Waals surface area (Å²) in [5, 5.41) is 13.8. The highest BCUT2D eigenvalue weighted by molar-refractivity contribution is 5.83. The number of aliphatic hydroxyl groups is 1. The minimum absolute atomic E-state index is 0.297. The fourth-order valence-electron chi connectivity index (χ4n) is 2.14. The van der Waals surface area contributed by atoms with Gasteiger partial charge in [0.15, 0.2) is 0 Å². The quantitative estimate of drug-likeness (QED) is 0.828. The fourth-order valence-corrected chi connectivity index (χ4v) is 2.14. The van der Waals surface area contributed by atoms with Crippen LogP contribution in [-0.2, 0) is 13.1 Å². The molecule has 0 aliphatic carbocycles. The minimum Gasteiger partial charge on any atom is -0.392 e. The van der Waals surface area contributed by atoms with E-state index in [9.17, 15) is 5.11 Å². The molecule has 1 atom stereocenters. The second-order valence-corrected chi connectivity index (χ2v) is 4.44. The first-order valence-electron chi connectivity index (χ1n) is 6.18. The van der Waals surface area contributed by atoms with E-state index in [1.165, 1.54) is 16.5 Å². The average Bonchev–Trinajstić information content (AvgIpc) is 2.68. The molecule has 3 nitrogen and oxygen atoms in total. The summed E-state index contributed by atoms with van der Waals surface area (Å²) in [4.78, 5) is 0. The maximum absolute atomic E-state index is 9.23. The third kappa shape index (κ3) is 2.68. The first-order chi connectivity index (χ1) is 8.22. The summed E-state index contributed by atoms with van der Waals surface area (Å²) >= 11 is 0. The molecule has 0 fully saturated rings. The second kappa shape index (κ2) is 5.34. The van der Waals surface area contributed by atoms with Crippen molar-refractivity contribution >= 4 is 10.9 Å². The maximum atomic E-state index is 9.23. The maximum Gasteiger partial charge on any atom is 0.0636 e. The van der Waals surface area contributed by atoms with E-state index in [1.54, 1.807) is 6.92 Å². The molecule has 0 amide bonds. The van der Waals surface area contributed by atoms with E-state index in [-0.39, 0.29) is 6.10 Å². The zero-order valence-corrected chi connectivity index (χ0v) is 10.5. The van der Waals surface area contributed by atoms with E-state index >= 15 is 0 Å². The molecular weight excluding hydrogens is 212 g/mol. The molecule has 2 aromatic rings. The topological polar surface area (TPSA) is 37.2 Å². The van der Waals surface area contributed by atoms with Crippen LogP contribution in [0.25, 0.3) is 10.9 Å². The lowest BCUT2D eigenvalue weighted by Gasteiger charge is -2.05. The Balaban J connectivity index is 2.22. The van der Waals surface area contributed by atoms with E-state index in [2.05, 4.69) is 47.3 Å². The molecule has 1 heterocycles. The van der Waals surface area contributed by atoms with Crippen molar-refractivity contribution in [3.05, 3.63) is 36.0 Å². The first kappa shape index (κ1) is 12.1. The molecule has 0 aliphatic heterocycles. The SMILES string of the molecule is CCn1cc(CNCC(C)O)c2ccccc21. The molecule has 1 unspecified atom stereocenters. The van der Waals surface area contributed by atoms with Crippen molar-refractivity contribution in [2.24, 2.45) is 0 Å². The van der Waals surface area contributed by atoms with Gasteiger partial charge in [-0.3, -0.25) is 0 Å². The number of benzene rings is 1. The smallest absolute Gasteiger partial charge is 0.0636 e. The first-order valence-corrected chi connectivity index (χ1v) is 6.18. The molecule has 17 heavy (non-hydrogen) atoms. The summed E-state index contributed by atoms with van der Waals surface area (Å²) in [7, 11) is 0. The zero-order chi connectivity index (χ0) is 12.3. The number of aliphatic hydroxyl groups excluding tert-OH is 1. The fraction of sp³-hybridized carbons (Fsp3) is 0.429. The van der Waals surface area contributed by atoms with Crippen molar-refractivity contribution in [1.82, 2.24) is 9.88 Å². The summed E-state index contributed by atoms with van der Waals surface area (Å²) in [6, 6.07) is 8.44. The second-order valence-electron chi connectivity index (χ2n) is 4.44. The summed E-state index contributed by atoms with van der Waals surface area (Å²) in [6.07, 6.45) is 1.90. The van der Waals surface area contributed by atoms with Crippen LogP contribution in [0, 0.1) is 0 Å². The molecule has 1 aromatic heterocycles. The molecule has 0 bridgehead atoms. The zero-order valence-electron chi connectivity index (χ0n) is 10.5. The van der Waals surface area contributed by atoms with Crippen molar-refractivity contribution in [1.29, 1.82) is 0 Å². The molecule has 0 saturated heterocycles. The number of aryl methyl sites for hydroxylation is 1. The van der Waals surface area contributed by atoms with Gasteiger partial charge in [-0.25, -0.2) is 0 Å². The van der Waals surface area contributed by atoms with Gasteiger partial charge in [0.1, 0.15) is 0 Å². The highest BCUT2D eigenvalue weighted by atomic mass is 16.3. The monoisotopic (exact) mass is 232 g/mol. The highest BCUT2D eigenvalue weighted by Gasteiger charge is 2.06. The number of nitrogens with zero attached hydrogens (tertiary/aromatic N) is 1. The third-order valence-electron chi connectivity index (χ3n) is 2.97. The van der Waals surface area contributed by atoms with E-state index in [0.717, 1.165) is 13.1 Å². The Hall–Kier alpha value is -1.32. The van der Waals surface area contributed by atoms with Gasteiger partial charge >= 0.3 is 0 Å². The molecule has 0 saturated carbocycles. The van der Waals surface area contributed by atoms with Crippen LogP contribution < -0.4 is 5.32 Å². The largest absolute Gasteiger partial charge is 0.392 e. The van der Waals surface area contributed by atoms with E-state index in [4.69, 9.17) is 0 Å². The molecule has 0 spiro atoms. The Kier molecular flexibility index (Phi) is 3.82. The number of aromatic nitrogens is 1. The summed E-state index contributed by atoms with van der Waals surface area (Å²) < 4.78 is 2.26. The van der Waals surface area contributed by atoms with Crippen LogP contribution in [0.1, 0.15) is 19.4 Å². The Morgan fingerprint density at radius 2 is 2.12 bits per heavy atom. The highest BCUT2D eigenvalue weighted by Crippen LogP contribution is 2.20. The lowest BCUT2D eigenvalue weighted by Crippen LogP contribution is -2.23. The van der Waals surface area contributed by atoms with Gasteiger partial charge in [-0.2, -0.15) is 0 Å². The summed E-state index contributed by atoms with van der Waals surface area (Å²) in [5.41, 5.74) is 2.58. The standard InChI is InChI=1S/C14H20N2O/c1-3-16-10-12(9-15-8-11(2)17)13-6-4-5-7-14(13)16/h4-7,10-11,15,17H,3,8-9H2,1-2H3. The van der Waals surface area contributed by atoms with Crippen LogP contribution >= 0.6 is 0 Å². The minimum atomic E-state index is -0.297. The molecule has 0 radical (unpaired) electrons. The van der Waals surface area contributed by atoms with Crippen LogP contribution in [0.15, 0.2) is 30.5 Å². The average molecular weight is 232 g/mol. The van der Waals surface area contributed by atoms with Gasteiger partial charge in [-0.15, -0.1) is 0 Å². The van der Waals surface area contributed by atoms with Crippen LogP contribution in [0.4, 0.5) is 0 Å². The molecular formula is C14H20N2O. The van der Waals surface area contributed by atoms with Gasteiger partial charge in [0.25, 0.3) is 0 Å². The number of rotatable bonds is 5. The van der Waals surface area contributed by atoms with E-state index in [0.29, 0.717) is 6.54 Å². The van der Waals surface area contributed by atoms with Gasteiger partial charge in [0.2, 0.25) is 0 Å². The van der Waals surface area contributed by atoms with Crippen molar-refractivity contribution in [3.8, 4) is 0 Å². The summed E-state index contributed by atoms with van der Waals surface area (Å²) in [6.45, 7) is 6.36. The van der Waals surface area contributed by atoms with Crippen LogP contribution in [0.3, 0.4) is 0 Å². The number of hydrogen-bond donors (Lipinski definition) is 2. The lowest BCUT2D eigenvalue weighted by molar-refractivity contribution is 0.191. The van der Waals surface area contributed by atoms with Gasteiger partial charge in [-0.05, 0) is 25.5 Å². The van der Waals surface area contributed by atoms with Crippen molar-refractivity contribution in [2.75, 3.05) is 6.54 Å². The van der Waals surface area contributed by atoms with Crippen molar-refractivity contribution in [3.63, 3.8) is 0 Å². The van der Waals surface area contributed by atoms with Crippen LogP contribution in [-0.4, -0.2) is 22.3 Å². The van der Waals surface area contributed by atoms with Crippen molar-refractivity contribution < 1.29 is 5.11 Å². The molecule has 1 aromatic carbocycles. The summed E-state index contributed by atoms with van der Waals surface area (Å²) in [5.74, 6) is 0. The predicted molar refractivity (Wildman–Crippen MR) is 71.0 cm³/mol. The number of para-hydroxylation sites is 1.